The number of aryl methyl sites for hydroxylation is 2. The molecule has 0 spiro atoms. The van der Waals surface area contributed by atoms with Crippen LogP contribution in [0.15, 0.2) is 28.8 Å². The minimum absolute atomic E-state index is 0.0108. The fourth-order valence-electron chi connectivity index (χ4n) is 2.04. The van der Waals surface area contributed by atoms with Crippen LogP contribution in [0.25, 0.3) is 11.4 Å². The molecular formula is C16H21N3O3. The predicted octanol–water partition coefficient (Wildman–Crippen LogP) is 2.13. The van der Waals surface area contributed by atoms with Crippen molar-refractivity contribution in [1.29, 1.82) is 0 Å². The SMILES string of the molecule is COCC(C)NC(=O)CCc1nc(-c2ccc(C)cc2)no1. The van der Waals surface area contributed by atoms with Crippen molar-refractivity contribution < 1.29 is 14.1 Å². The number of hydrogen-bond donors (Lipinski definition) is 1. The monoisotopic (exact) mass is 303 g/mol. The van der Waals surface area contributed by atoms with Crippen LogP contribution in [0.3, 0.4) is 0 Å². The van der Waals surface area contributed by atoms with Crippen molar-refractivity contribution in [1.82, 2.24) is 15.5 Å². The summed E-state index contributed by atoms with van der Waals surface area (Å²) in [5.41, 5.74) is 2.08. The molecule has 0 aliphatic heterocycles. The molecule has 6 nitrogen and oxygen atoms in total. The average molecular weight is 303 g/mol. The molecule has 2 aromatic rings. The second-order valence-corrected chi connectivity index (χ2v) is 5.30. The smallest absolute Gasteiger partial charge is 0.227 e. The van der Waals surface area contributed by atoms with Gasteiger partial charge in [-0.2, -0.15) is 4.98 Å². The number of carbonyl (C=O) groups excluding carboxylic acids is 1. The molecule has 1 unspecified atom stereocenters. The quantitative estimate of drug-likeness (QED) is 0.848. The molecule has 6 heteroatoms. The largest absolute Gasteiger partial charge is 0.383 e. The average Bonchev–Trinajstić information content (AvgIpc) is 2.95. The Balaban J connectivity index is 1.87. The van der Waals surface area contributed by atoms with Crippen molar-refractivity contribution in [3.63, 3.8) is 0 Å². The Hall–Kier alpha value is -2.21. The summed E-state index contributed by atoms with van der Waals surface area (Å²) in [5.74, 6) is 0.952. The van der Waals surface area contributed by atoms with Gasteiger partial charge in [0.2, 0.25) is 17.6 Å². The van der Waals surface area contributed by atoms with Crippen LogP contribution in [0.1, 0.15) is 24.8 Å². The molecule has 1 N–H and O–H groups in total. The lowest BCUT2D eigenvalue weighted by Gasteiger charge is -2.11. The van der Waals surface area contributed by atoms with Gasteiger partial charge in [0.15, 0.2) is 0 Å². The Bertz CT molecular complexity index is 607. The summed E-state index contributed by atoms with van der Waals surface area (Å²) in [6.45, 7) is 4.40. The molecule has 1 aromatic heterocycles. The standard InChI is InChI=1S/C16H21N3O3/c1-11-4-6-13(7-5-11)16-18-15(22-19-16)9-8-14(20)17-12(2)10-21-3/h4-7,12H,8-10H2,1-3H3,(H,17,20). The molecule has 1 amide bonds. The number of aromatic nitrogens is 2. The molecule has 0 saturated heterocycles. The van der Waals surface area contributed by atoms with E-state index in [1.807, 2.05) is 38.1 Å². The summed E-state index contributed by atoms with van der Waals surface area (Å²) in [4.78, 5) is 16.1. The third kappa shape index (κ3) is 4.66. The molecule has 0 bridgehead atoms. The number of ether oxygens (including phenoxy) is 1. The topological polar surface area (TPSA) is 77.2 Å². The highest BCUT2D eigenvalue weighted by Crippen LogP contribution is 2.16. The number of benzene rings is 1. The summed E-state index contributed by atoms with van der Waals surface area (Å²) in [5, 5.41) is 6.79. The van der Waals surface area contributed by atoms with Crippen LogP contribution in [-0.4, -0.2) is 35.8 Å². The van der Waals surface area contributed by atoms with Gasteiger partial charge in [0.1, 0.15) is 0 Å². The first-order valence-corrected chi connectivity index (χ1v) is 7.26. The zero-order valence-electron chi connectivity index (χ0n) is 13.1. The Kier molecular flexibility index (Phi) is 5.66. The molecule has 1 atom stereocenters. The van der Waals surface area contributed by atoms with Gasteiger partial charge in [-0.25, -0.2) is 0 Å². The van der Waals surface area contributed by atoms with Gasteiger partial charge < -0.3 is 14.6 Å². The molecule has 0 aliphatic carbocycles. The van der Waals surface area contributed by atoms with Crippen LogP contribution < -0.4 is 5.32 Å². The van der Waals surface area contributed by atoms with E-state index >= 15 is 0 Å². The van der Waals surface area contributed by atoms with E-state index in [1.54, 1.807) is 7.11 Å². The summed E-state index contributed by atoms with van der Waals surface area (Å²) in [6.07, 6.45) is 0.730. The zero-order valence-corrected chi connectivity index (χ0v) is 13.1. The molecule has 1 aromatic carbocycles. The molecule has 1 heterocycles. The molecule has 22 heavy (non-hydrogen) atoms. The van der Waals surface area contributed by atoms with E-state index in [4.69, 9.17) is 9.26 Å². The van der Waals surface area contributed by atoms with Gasteiger partial charge in [0, 0.05) is 31.6 Å². The third-order valence-electron chi connectivity index (χ3n) is 3.17. The molecule has 0 fully saturated rings. The van der Waals surface area contributed by atoms with Gasteiger partial charge >= 0.3 is 0 Å². The molecule has 0 aliphatic rings. The first-order chi connectivity index (χ1) is 10.6. The van der Waals surface area contributed by atoms with Crippen molar-refractivity contribution in [2.45, 2.75) is 32.7 Å². The lowest BCUT2D eigenvalue weighted by Crippen LogP contribution is -2.35. The maximum atomic E-state index is 11.8. The number of methoxy groups -OCH3 is 1. The molecular weight excluding hydrogens is 282 g/mol. The van der Waals surface area contributed by atoms with Crippen LogP contribution in [-0.2, 0) is 16.0 Å². The lowest BCUT2D eigenvalue weighted by atomic mass is 10.1. The Labute approximate surface area is 129 Å². The minimum Gasteiger partial charge on any atom is -0.383 e. The highest BCUT2D eigenvalue weighted by Gasteiger charge is 2.12. The van der Waals surface area contributed by atoms with Crippen molar-refractivity contribution in [2.75, 3.05) is 13.7 Å². The molecule has 0 saturated carbocycles. The first-order valence-electron chi connectivity index (χ1n) is 7.26. The van der Waals surface area contributed by atoms with E-state index in [1.165, 1.54) is 5.56 Å². The Morgan fingerprint density at radius 1 is 1.36 bits per heavy atom. The maximum Gasteiger partial charge on any atom is 0.227 e. The first kappa shape index (κ1) is 16.2. The zero-order chi connectivity index (χ0) is 15.9. The number of hydrogen-bond acceptors (Lipinski definition) is 5. The Morgan fingerprint density at radius 3 is 2.77 bits per heavy atom. The Morgan fingerprint density at radius 2 is 2.09 bits per heavy atom. The van der Waals surface area contributed by atoms with Crippen molar-refractivity contribution in [3.8, 4) is 11.4 Å². The van der Waals surface area contributed by atoms with Gasteiger partial charge in [-0.3, -0.25) is 4.79 Å². The summed E-state index contributed by atoms with van der Waals surface area (Å²) in [6, 6.07) is 7.88. The fraction of sp³-hybridized carbons (Fsp3) is 0.438. The van der Waals surface area contributed by atoms with E-state index in [9.17, 15) is 4.79 Å². The van der Waals surface area contributed by atoms with Gasteiger partial charge in [0.25, 0.3) is 0 Å². The van der Waals surface area contributed by atoms with Crippen LogP contribution in [0, 0.1) is 6.92 Å². The van der Waals surface area contributed by atoms with Crippen LogP contribution in [0.5, 0.6) is 0 Å². The van der Waals surface area contributed by atoms with Gasteiger partial charge in [-0.1, -0.05) is 35.0 Å². The van der Waals surface area contributed by atoms with Gasteiger partial charge in [0.05, 0.1) is 6.61 Å². The van der Waals surface area contributed by atoms with Gasteiger partial charge in [-0.15, -0.1) is 0 Å². The van der Waals surface area contributed by atoms with E-state index in [0.29, 0.717) is 31.2 Å². The van der Waals surface area contributed by atoms with Gasteiger partial charge in [-0.05, 0) is 13.8 Å². The lowest BCUT2D eigenvalue weighted by molar-refractivity contribution is -0.122. The van der Waals surface area contributed by atoms with E-state index < -0.39 is 0 Å². The number of rotatable bonds is 7. The molecule has 118 valence electrons. The number of nitrogens with one attached hydrogen (secondary N) is 1. The fourth-order valence-corrected chi connectivity index (χ4v) is 2.04. The van der Waals surface area contributed by atoms with Crippen LogP contribution >= 0.6 is 0 Å². The second-order valence-electron chi connectivity index (χ2n) is 5.30. The predicted molar refractivity (Wildman–Crippen MR) is 82.3 cm³/mol. The third-order valence-corrected chi connectivity index (χ3v) is 3.17. The highest BCUT2D eigenvalue weighted by atomic mass is 16.5. The van der Waals surface area contributed by atoms with E-state index in [0.717, 1.165) is 5.56 Å². The summed E-state index contributed by atoms with van der Waals surface area (Å²) in [7, 11) is 1.60. The maximum absolute atomic E-state index is 11.8. The minimum atomic E-state index is -0.0559. The van der Waals surface area contributed by atoms with Crippen molar-refractivity contribution >= 4 is 5.91 Å². The number of nitrogens with zero attached hydrogens (tertiary/aromatic N) is 2. The number of amides is 1. The second kappa shape index (κ2) is 7.70. The normalized spacial score (nSPS) is 12.1. The van der Waals surface area contributed by atoms with Crippen molar-refractivity contribution in [2.24, 2.45) is 0 Å². The van der Waals surface area contributed by atoms with Crippen molar-refractivity contribution in [3.05, 3.63) is 35.7 Å². The van der Waals surface area contributed by atoms with Crippen LogP contribution in [0.4, 0.5) is 0 Å². The summed E-state index contributed by atoms with van der Waals surface area (Å²) < 4.78 is 10.2. The van der Waals surface area contributed by atoms with E-state index in [2.05, 4.69) is 15.5 Å². The van der Waals surface area contributed by atoms with E-state index in [-0.39, 0.29) is 11.9 Å². The number of carbonyl (C=O) groups is 1. The van der Waals surface area contributed by atoms with Crippen LogP contribution in [0.2, 0.25) is 0 Å². The highest BCUT2D eigenvalue weighted by molar-refractivity contribution is 5.76. The molecule has 0 radical (unpaired) electrons. The summed E-state index contributed by atoms with van der Waals surface area (Å²) >= 11 is 0. The molecule has 2 rings (SSSR count).